The Hall–Kier alpha value is -1.52. The van der Waals surface area contributed by atoms with Gasteiger partial charge in [0.2, 0.25) is 0 Å². The number of nitrogen functional groups attached to an aromatic ring is 1. The first-order chi connectivity index (χ1) is 8.02. The van der Waals surface area contributed by atoms with Gasteiger partial charge >= 0.3 is 0 Å². The van der Waals surface area contributed by atoms with Crippen molar-refractivity contribution in [2.45, 2.75) is 19.3 Å². The van der Waals surface area contributed by atoms with Gasteiger partial charge in [0.15, 0.2) is 0 Å². The van der Waals surface area contributed by atoms with E-state index in [9.17, 15) is 8.78 Å². The fraction of sp³-hybridized carbons (Fsp3) is 0.500. The largest absolute Gasteiger partial charge is 0.494 e. The smallest absolute Gasteiger partial charge is 0.266 e. The van der Waals surface area contributed by atoms with E-state index in [1.54, 1.807) is 23.1 Å². The highest BCUT2D eigenvalue weighted by atomic mass is 19.3. The molecule has 94 valence electrons. The number of ether oxygens (including phenoxy) is 1. The van der Waals surface area contributed by atoms with Crippen LogP contribution in [0.1, 0.15) is 13.3 Å². The molecule has 0 aliphatic carbocycles. The third-order valence-electron chi connectivity index (χ3n) is 2.82. The summed E-state index contributed by atoms with van der Waals surface area (Å²) in [7, 11) is 0. The molecule has 0 radical (unpaired) electrons. The van der Waals surface area contributed by atoms with E-state index >= 15 is 0 Å². The van der Waals surface area contributed by atoms with Gasteiger partial charge < -0.3 is 15.4 Å². The van der Waals surface area contributed by atoms with Crippen LogP contribution in [-0.2, 0) is 0 Å². The number of benzene rings is 1. The average Bonchev–Trinajstić information content (AvgIpc) is 2.62. The lowest BCUT2D eigenvalue weighted by molar-refractivity contribution is 0.0257. The zero-order valence-corrected chi connectivity index (χ0v) is 9.75. The fourth-order valence-electron chi connectivity index (χ4n) is 2.00. The van der Waals surface area contributed by atoms with Gasteiger partial charge in [-0.3, -0.25) is 0 Å². The second-order valence-electron chi connectivity index (χ2n) is 4.18. The van der Waals surface area contributed by atoms with Crippen LogP contribution in [-0.4, -0.2) is 25.6 Å². The van der Waals surface area contributed by atoms with Crippen molar-refractivity contribution < 1.29 is 13.5 Å². The molecule has 3 nitrogen and oxygen atoms in total. The third kappa shape index (κ3) is 2.60. The summed E-state index contributed by atoms with van der Waals surface area (Å²) in [6.07, 6.45) is -0.120. The van der Waals surface area contributed by atoms with E-state index in [4.69, 9.17) is 10.5 Å². The van der Waals surface area contributed by atoms with Crippen LogP contribution in [0.4, 0.5) is 20.2 Å². The summed E-state index contributed by atoms with van der Waals surface area (Å²) in [5, 5.41) is 0. The molecule has 0 atom stereocenters. The van der Waals surface area contributed by atoms with E-state index < -0.39 is 5.92 Å². The van der Waals surface area contributed by atoms with Crippen molar-refractivity contribution in [3.8, 4) is 5.75 Å². The Morgan fingerprint density at radius 2 is 2.24 bits per heavy atom. The van der Waals surface area contributed by atoms with Crippen LogP contribution in [0.25, 0.3) is 0 Å². The maximum atomic E-state index is 13.1. The SMILES string of the molecule is CCOc1ccc(N)c(N2CCC(F)(F)C2)c1. The fourth-order valence-corrected chi connectivity index (χ4v) is 2.00. The van der Waals surface area contributed by atoms with Gasteiger partial charge in [-0.15, -0.1) is 0 Å². The monoisotopic (exact) mass is 242 g/mol. The molecule has 1 aliphatic heterocycles. The predicted molar refractivity (Wildman–Crippen MR) is 63.8 cm³/mol. The van der Waals surface area contributed by atoms with Gasteiger partial charge in [0.1, 0.15) is 5.75 Å². The topological polar surface area (TPSA) is 38.5 Å². The molecular weight excluding hydrogens is 226 g/mol. The Morgan fingerprint density at radius 1 is 1.47 bits per heavy atom. The highest BCUT2D eigenvalue weighted by Crippen LogP contribution is 2.35. The summed E-state index contributed by atoms with van der Waals surface area (Å²) >= 11 is 0. The summed E-state index contributed by atoms with van der Waals surface area (Å²) in [6, 6.07) is 5.16. The maximum Gasteiger partial charge on any atom is 0.266 e. The van der Waals surface area contributed by atoms with Crippen molar-refractivity contribution in [1.82, 2.24) is 0 Å². The molecule has 1 saturated heterocycles. The Balaban J connectivity index is 2.22. The summed E-state index contributed by atoms with van der Waals surface area (Å²) in [6.45, 7) is 2.47. The first kappa shape index (κ1) is 12.0. The van der Waals surface area contributed by atoms with E-state index in [0.29, 0.717) is 30.3 Å². The Kier molecular flexibility index (Phi) is 3.09. The van der Waals surface area contributed by atoms with Crippen molar-refractivity contribution in [1.29, 1.82) is 0 Å². The molecule has 0 amide bonds. The molecule has 1 aromatic carbocycles. The second kappa shape index (κ2) is 4.39. The Morgan fingerprint density at radius 3 is 2.82 bits per heavy atom. The van der Waals surface area contributed by atoms with Crippen molar-refractivity contribution in [3.63, 3.8) is 0 Å². The highest BCUT2D eigenvalue weighted by molar-refractivity contribution is 5.70. The normalized spacial score (nSPS) is 18.4. The predicted octanol–water partition coefficient (Wildman–Crippen LogP) is 2.51. The molecule has 2 N–H and O–H groups in total. The van der Waals surface area contributed by atoms with Gasteiger partial charge in [-0.2, -0.15) is 0 Å². The van der Waals surface area contributed by atoms with Crippen LogP contribution in [0.15, 0.2) is 18.2 Å². The van der Waals surface area contributed by atoms with Crippen LogP contribution in [0, 0.1) is 0 Å². The summed E-state index contributed by atoms with van der Waals surface area (Å²) in [4.78, 5) is 1.61. The minimum absolute atomic E-state index is 0.120. The van der Waals surface area contributed by atoms with Crippen molar-refractivity contribution in [2.24, 2.45) is 0 Å². The summed E-state index contributed by atoms with van der Waals surface area (Å²) in [5.41, 5.74) is 6.95. The van der Waals surface area contributed by atoms with Crippen molar-refractivity contribution in [2.75, 3.05) is 30.3 Å². The number of anilines is 2. The van der Waals surface area contributed by atoms with E-state index in [1.807, 2.05) is 6.92 Å². The van der Waals surface area contributed by atoms with Gasteiger partial charge in [-0.25, -0.2) is 8.78 Å². The number of hydrogen-bond donors (Lipinski definition) is 1. The second-order valence-corrected chi connectivity index (χ2v) is 4.18. The number of halogens is 2. The van der Waals surface area contributed by atoms with Crippen LogP contribution >= 0.6 is 0 Å². The van der Waals surface area contributed by atoms with E-state index in [0.717, 1.165) is 0 Å². The molecule has 1 fully saturated rings. The number of nitrogens with zero attached hydrogens (tertiary/aromatic N) is 1. The van der Waals surface area contributed by atoms with Gasteiger partial charge in [-0.1, -0.05) is 0 Å². The third-order valence-corrected chi connectivity index (χ3v) is 2.82. The van der Waals surface area contributed by atoms with E-state index in [-0.39, 0.29) is 13.0 Å². The minimum atomic E-state index is -2.62. The molecule has 17 heavy (non-hydrogen) atoms. The van der Waals surface area contributed by atoms with Crippen LogP contribution in [0.2, 0.25) is 0 Å². The van der Waals surface area contributed by atoms with Crippen LogP contribution in [0.3, 0.4) is 0 Å². The van der Waals surface area contributed by atoms with Crippen molar-refractivity contribution >= 4 is 11.4 Å². The molecule has 1 heterocycles. The molecule has 0 bridgehead atoms. The van der Waals surface area contributed by atoms with Gasteiger partial charge in [-0.05, 0) is 19.1 Å². The lowest BCUT2D eigenvalue weighted by Gasteiger charge is -2.21. The minimum Gasteiger partial charge on any atom is -0.494 e. The molecule has 1 aliphatic rings. The van der Waals surface area contributed by atoms with Gasteiger partial charge in [0.05, 0.1) is 24.5 Å². The first-order valence-corrected chi connectivity index (χ1v) is 5.67. The molecule has 0 unspecified atom stereocenters. The Bertz CT molecular complexity index is 409. The summed E-state index contributed by atoms with van der Waals surface area (Å²) < 4.78 is 31.6. The standard InChI is InChI=1S/C12H16F2N2O/c1-2-17-9-3-4-10(15)11(7-9)16-6-5-12(13,14)8-16/h3-4,7H,2,5-6,8,15H2,1H3. The average molecular weight is 242 g/mol. The van der Waals surface area contributed by atoms with Gasteiger partial charge in [0, 0.05) is 19.0 Å². The number of rotatable bonds is 3. The van der Waals surface area contributed by atoms with E-state index in [1.165, 1.54) is 0 Å². The number of alkyl halides is 2. The molecule has 0 saturated carbocycles. The number of hydrogen-bond acceptors (Lipinski definition) is 3. The molecular formula is C12H16F2N2O. The molecule has 1 aromatic rings. The summed E-state index contributed by atoms with van der Waals surface area (Å²) in [5.74, 6) is -1.96. The van der Waals surface area contributed by atoms with E-state index in [2.05, 4.69) is 0 Å². The molecule has 5 heteroatoms. The zero-order chi connectivity index (χ0) is 12.5. The highest BCUT2D eigenvalue weighted by Gasteiger charge is 2.38. The molecule has 2 rings (SSSR count). The maximum absolute atomic E-state index is 13.1. The first-order valence-electron chi connectivity index (χ1n) is 5.67. The van der Waals surface area contributed by atoms with Crippen LogP contribution < -0.4 is 15.4 Å². The quantitative estimate of drug-likeness (QED) is 0.828. The lowest BCUT2D eigenvalue weighted by atomic mass is 10.2. The molecule has 0 spiro atoms. The Labute approximate surface area is 99.2 Å². The molecule has 0 aromatic heterocycles. The van der Waals surface area contributed by atoms with Crippen LogP contribution in [0.5, 0.6) is 5.75 Å². The van der Waals surface area contributed by atoms with Crippen molar-refractivity contribution in [3.05, 3.63) is 18.2 Å². The zero-order valence-electron chi connectivity index (χ0n) is 9.75. The lowest BCUT2D eigenvalue weighted by Crippen LogP contribution is -2.25. The van der Waals surface area contributed by atoms with Gasteiger partial charge in [0.25, 0.3) is 5.92 Å². The number of nitrogens with two attached hydrogens (primary N) is 1.